The zero-order valence-electron chi connectivity index (χ0n) is 15.9. The van der Waals surface area contributed by atoms with Crippen molar-refractivity contribution in [2.75, 3.05) is 19.4 Å². The number of halogens is 1. The summed E-state index contributed by atoms with van der Waals surface area (Å²) in [7, 11) is 0. The predicted molar refractivity (Wildman–Crippen MR) is 106 cm³/mol. The van der Waals surface area contributed by atoms with Crippen molar-refractivity contribution in [2.45, 2.75) is 66.8 Å². The largest absolute Gasteiger partial charge is 0.388 e. The molecule has 0 spiro atoms. The van der Waals surface area contributed by atoms with Crippen LogP contribution < -0.4 is 10.6 Å². The smallest absolute Gasteiger partial charge is 0.240 e. The second-order valence-electron chi connectivity index (χ2n) is 7.54. The molecular formula is C18H29ClN2O6S. The lowest BCUT2D eigenvalue weighted by Gasteiger charge is -2.44. The molecule has 0 aromatic carbocycles. The molecule has 2 saturated heterocycles. The maximum absolute atomic E-state index is 13.0. The lowest BCUT2D eigenvalue weighted by Crippen LogP contribution is -2.65. The summed E-state index contributed by atoms with van der Waals surface area (Å²) in [4.78, 5) is 13.0. The SMILES string of the molecule is CSC1OC([C@H](NC(=O)[C@H]2NC[C@H]3CC=CCO[C@H]32)[C@H](C)Cl)C(O)C(O)C1O. The highest BCUT2D eigenvalue weighted by atomic mass is 35.5. The van der Waals surface area contributed by atoms with Crippen LogP contribution in [0.15, 0.2) is 12.2 Å². The van der Waals surface area contributed by atoms with Gasteiger partial charge < -0.3 is 35.4 Å². The van der Waals surface area contributed by atoms with E-state index in [9.17, 15) is 20.1 Å². The lowest BCUT2D eigenvalue weighted by atomic mass is 9.92. The van der Waals surface area contributed by atoms with Crippen LogP contribution in [-0.2, 0) is 14.3 Å². The van der Waals surface area contributed by atoms with Crippen molar-refractivity contribution in [3.8, 4) is 0 Å². The number of thioether (sulfide) groups is 1. The fourth-order valence-corrected chi connectivity index (χ4v) is 4.94. The average Bonchev–Trinajstić information content (AvgIpc) is 2.93. The van der Waals surface area contributed by atoms with E-state index in [1.165, 1.54) is 11.8 Å². The number of alkyl halides is 1. The average molecular weight is 437 g/mol. The van der Waals surface area contributed by atoms with Gasteiger partial charge in [-0.15, -0.1) is 23.4 Å². The van der Waals surface area contributed by atoms with Gasteiger partial charge in [-0.2, -0.15) is 0 Å². The summed E-state index contributed by atoms with van der Waals surface area (Å²) < 4.78 is 11.6. The Kier molecular flexibility index (Phi) is 7.66. The molecule has 3 aliphatic rings. The van der Waals surface area contributed by atoms with Gasteiger partial charge in [0.2, 0.25) is 5.91 Å². The maximum atomic E-state index is 13.0. The fraction of sp³-hybridized carbons (Fsp3) is 0.833. The number of hydrogen-bond acceptors (Lipinski definition) is 8. The Bertz CT molecular complexity index is 580. The molecule has 0 aromatic heterocycles. The first-order valence-corrected chi connectivity index (χ1v) is 11.2. The van der Waals surface area contributed by atoms with Gasteiger partial charge in [-0.25, -0.2) is 0 Å². The van der Waals surface area contributed by atoms with Crippen LogP contribution in [0.25, 0.3) is 0 Å². The van der Waals surface area contributed by atoms with Crippen molar-refractivity contribution in [2.24, 2.45) is 5.92 Å². The Morgan fingerprint density at radius 2 is 2.04 bits per heavy atom. The number of rotatable bonds is 5. The molecule has 3 rings (SSSR count). The van der Waals surface area contributed by atoms with Crippen LogP contribution in [0.4, 0.5) is 0 Å². The van der Waals surface area contributed by atoms with Gasteiger partial charge in [0.25, 0.3) is 0 Å². The Morgan fingerprint density at radius 1 is 1.29 bits per heavy atom. The van der Waals surface area contributed by atoms with Crippen LogP contribution in [0.2, 0.25) is 0 Å². The number of aliphatic hydroxyl groups excluding tert-OH is 3. The third-order valence-electron chi connectivity index (χ3n) is 5.66. The van der Waals surface area contributed by atoms with Crippen LogP contribution in [0, 0.1) is 5.92 Å². The van der Waals surface area contributed by atoms with E-state index in [0.29, 0.717) is 13.2 Å². The number of ether oxygens (including phenoxy) is 2. The molecule has 8 nitrogen and oxygen atoms in total. The predicted octanol–water partition coefficient (Wildman–Crippen LogP) is -0.798. The van der Waals surface area contributed by atoms with E-state index >= 15 is 0 Å². The molecule has 3 heterocycles. The lowest BCUT2D eigenvalue weighted by molar-refractivity contribution is -0.205. The molecule has 5 N–H and O–H groups in total. The van der Waals surface area contributed by atoms with Crippen molar-refractivity contribution in [3.63, 3.8) is 0 Å². The Labute approximate surface area is 174 Å². The number of amides is 1. The minimum Gasteiger partial charge on any atom is -0.388 e. The molecule has 5 unspecified atom stereocenters. The number of nitrogens with one attached hydrogen (secondary N) is 2. The highest BCUT2D eigenvalue weighted by molar-refractivity contribution is 7.99. The van der Waals surface area contributed by atoms with Crippen molar-refractivity contribution in [1.82, 2.24) is 10.6 Å². The molecule has 1 amide bonds. The number of hydrogen-bond donors (Lipinski definition) is 5. The normalized spacial score (nSPS) is 43.1. The van der Waals surface area contributed by atoms with Crippen molar-refractivity contribution in [1.29, 1.82) is 0 Å². The van der Waals surface area contributed by atoms with E-state index in [1.54, 1.807) is 13.2 Å². The van der Waals surface area contributed by atoms with E-state index in [2.05, 4.69) is 16.7 Å². The Hall–Kier alpha value is -0.390. The van der Waals surface area contributed by atoms with Crippen LogP contribution in [-0.4, -0.2) is 94.1 Å². The molecule has 0 bridgehead atoms. The highest BCUT2D eigenvalue weighted by Gasteiger charge is 2.49. The minimum atomic E-state index is -1.39. The number of allylic oxidation sites excluding steroid dienone is 1. The van der Waals surface area contributed by atoms with Gasteiger partial charge in [-0.05, 0) is 19.6 Å². The van der Waals surface area contributed by atoms with Gasteiger partial charge in [-0.3, -0.25) is 4.79 Å². The van der Waals surface area contributed by atoms with Crippen LogP contribution in [0.3, 0.4) is 0 Å². The van der Waals surface area contributed by atoms with E-state index in [4.69, 9.17) is 21.1 Å². The summed E-state index contributed by atoms with van der Waals surface area (Å²) in [5.41, 5.74) is -0.733. The number of aliphatic hydroxyl groups is 3. The van der Waals surface area contributed by atoms with E-state index in [0.717, 1.165) is 6.42 Å². The minimum absolute atomic E-state index is 0.218. The van der Waals surface area contributed by atoms with E-state index in [1.807, 2.05) is 6.08 Å². The Morgan fingerprint density at radius 3 is 2.71 bits per heavy atom. The highest BCUT2D eigenvalue weighted by Crippen LogP contribution is 2.31. The van der Waals surface area contributed by atoms with Crippen LogP contribution in [0.5, 0.6) is 0 Å². The summed E-state index contributed by atoms with van der Waals surface area (Å²) in [6, 6.07) is -1.29. The van der Waals surface area contributed by atoms with Gasteiger partial charge in [-0.1, -0.05) is 12.2 Å². The fourth-order valence-electron chi connectivity index (χ4n) is 4.06. The van der Waals surface area contributed by atoms with Gasteiger partial charge in [0.05, 0.1) is 24.1 Å². The summed E-state index contributed by atoms with van der Waals surface area (Å²) in [6.07, 6.45) is 1.39. The second-order valence-corrected chi connectivity index (χ2v) is 9.16. The summed E-state index contributed by atoms with van der Waals surface area (Å²) in [5.74, 6) is -0.0697. The number of carbonyl (C=O) groups excluding carboxylic acids is 1. The topological polar surface area (TPSA) is 120 Å². The first kappa shape index (κ1) is 22.3. The van der Waals surface area contributed by atoms with Crippen molar-refractivity contribution in [3.05, 3.63) is 12.2 Å². The van der Waals surface area contributed by atoms with Gasteiger partial charge in [0.15, 0.2) is 0 Å². The summed E-state index contributed by atoms with van der Waals surface area (Å²) in [5, 5.41) is 36.2. The molecule has 0 radical (unpaired) electrons. The molecule has 10 atom stereocenters. The van der Waals surface area contributed by atoms with Crippen LogP contribution in [0.1, 0.15) is 13.3 Å². The molecule has 0 aromatic rings. The molecule has 0 aliphatic carbocycles. The maximum Gasteiger partial charge on any atom is 0.240 e. The zero-order chi connectivity index (χ0) is 20.4. The number of fused-ring (bicyclic) bond motifs is 1. The molecule has 2 fully saturated rings. The standard InChI is InChI=1S/C18H29ClN2O6S/c1-8(19)10(16-13(23)12(22)14(24)18(27-16)28-2)21-17(25)11-15-9(7-20-11)5-3-4-6-26-15/h3-4,8-16,18,20,22-24H,5-7H2,1-2H3,(H,21,25)/t8-,9+,10+,11-,12?,13?,14?,15+,16?,18?/m0/s1. The van der Waals surface area contributed by atoms with Gasteiger partial charge in [0.1, 0.15) is 35.9 Å². The molecule has 0 saturated carbocycles. The second kappa shape index (κ2) is 9.61. The zero-order valence-corrected chi connectivity index (χ0v) is 17.5. The number of carbonyl (C=O) groups is 1. The van der Waals surface area contributed by atoms with Gasteiger partial charge in [0, 0.05) is 12.5 Å². The summed E-state index contributed by atoms with van der Waals surface area (Å²) in [6.45, 7) is 2.83. The molecule has 28 heavy (non-hydrogen) atoms. The quantitative estimate of drug-likeness (QED) is 0.281. The molecule has 10 heteroatoms. The monoisotopic (exact) mass is 436 g/mol. The van der Waals surface area contributed by atoms with Crippen molar-refractivity contribution >= 4 is 29.3 Å². The van der Waals surface area contributed by atoms with Crippen LogP contribution >= 0.6 is 23.4 Å². The van der Waals surface area contributed by atoms with Gasteiger partial charge >= 0.3 is 0 Å². The van der Waals surface area contributed by atoms with E-state index in [-0.39, 0.29) is 17.9 Å². The molecule has 3 aliphatic heterocycles. The Balaban J connectivity index is 1.71. The van der Waals surface area contributed by atoms with E-state index < -0.39 is 47.3 Å². The third kappa shape index (κ3) is 4.52. The molecule has 160 valence electrons. The van der Waals surface area contributed by atoms with Crippen molar-refractivity contribution < 1.29 is 29.6 Å². The first-order valence-electron chi connectivity index (χ1n) is 9.52. The summed E-state index contributed by atoms with van der Waals surface area (Å²) >= 11 is 7.53. The third-order valence-corrected chi connectivity index (χ3v) is 6.79. The molecular weight excluding hydrogens is 408 g/mol. The first-order chi connectivity index (χ1) is 13.3.